The van der Waals surface area contributed by atoms with Gasteiger partial charge in [-0.2, -0.15) is 0 Å². The van der Waals surface area contributed by atoms with E-state index in [4.69, 9.17) is 4.74 Å². The quantitative estimate of drug-likeness (QED) is 0.869. The Bertz CT molecular complexity index is 371. The fraction of sp³-hybridized carbons (Fsp3) is 0.556. The summed E-state index contributed by atoms with van der Waals surface area (Å²) in [6.45, 7) is 0.825. The Labute approximate surface area is 89.8 Å². The smallest absolute Gasteiger partial charge is 0.265 e. The zero-order valence-corrected chi connectivity index (χ0v) is 9.21. The summed E-state index contributed by atoms with van der Waals surface area (Å²) >= 11 is 3.10. The summed E-state index contributed by atoms with van der Waals surface area (Å²) in [7, 11) is 0. The normalized spacial score (nSPS) is 21.4. The predicted molar refractivity (Wildman–Crippen MR) is 55.2 cm³/mol. The minimum absolute atomic E-state index is 0.131. The maximum Gasteiger partial charge on any atom is 0.265 e. The Morgan fingerprint density at radius 3 is 3.21 bits per heavy atom. The summed E-state index contributed by atoms with van der Waals surface area (Å²) in [5.41, 5.74) is -0.131. The van der Waals surface area contributed by atoms with Crippen molar-refractivity contribution in [2.24, 2.45) is 0 Å². The molecule has 2 rings (SSSR count). The molecule has 1 saturated heterocycles. The number of hydrogen-bond acceptors (Lipinski definition) is 3. The number of halogens is 1. The van der Waals surface area contributed by atoms with Gasteiger partial charge in [-0.15, -0.1) is 0 Å². The van der Waals surface area contributed by atoms with Gasteiger partial charge in [0.2, 0.25) is 0 Å². The van der Waals surface area contributed by atoms with E-state index in [-0.39, 0.29) is 11.7 Å². The van der Waals surface area contributed by atoms with Crippen molar-refractivity contribution in [2.75, 3.05) is 6.61 Å². The fourth-order valence-corrected chi connectivity index (χ4v) is 1.74. The highest BCUT2D eigenvalue weighted by Gasteiger charge is 2.16. The molecule has 0 spiro atoms. The molecular formula is C9H11BrN2O2. The average molecular weight is 259 g/mol. The monoisotopic (exact) mass is 258 g/mol. The highest BCUT2D eigenvalue weighted by molar-refractivity contribution is 9.10. The second-order valence-electron chi connectivity index (χ2n) is 3.35. The highest BCUT2D eigenvalue weighted by atomic mass is 79.9. The van der Waals surface area contributed by atoms with Crippen LogP contribution >= 0.6 is 15.9 Å². The summed E-state index contributed by atoms with van der Waals surface area (Å²) in [5.74, 6) is 0.699. The van der Waals surface area contributed by atoms with Gasteiger partial charge in [0.25, 0.3) is 5.56 Å². The average Bonchev–Trinajstić information content (AvgIpc) is 2.64. The third-order valence-electron chi connectivity index (χ3n) is 2.25. The topological polar surface area (TPSA) is 55.0 Å². The molecule has 1 aromatic heterocycles. The maximum absolute atomic E-state index is 11.2. The summed E-state index contributed by atoms with van der Waals surface area (Å²) < 4.78 is 5.92. The summed E-state index contributed by atoms with van der Waals surface area (Å²) in [4.78, 5) is 18.1. The molecule has 0 saturated carbocycles. The minimum Gasteiger partial charge on any atom is -0.378 e. The molecule has 2 heterocycles. The number of H-pyrrole nitrogens is 1. The van der Waals surface area contributed by atoms with Crippen molar-refractivity contribution in [1.82, 2.24) is 9.97 Å². The first kappa shape index (κ1) is 9.86. The van der Waals surface area contributed by atoms with Crippen LogP contribution in [0.2, 0.25) is 0 Å². The zero-order chi connectivity index (χ0) is 9.97. The first-order valence-electron chi connectivity index (χ1n) is 4.61. The number of rotatable bonds is 2. The number of hydrogen-bond donors (Lipinski definition) is 1. The van der Waals surface area contributed by atoms with Crippen molar-refractivity contribution in [3.8, 4) is 0 Å². The first-order chi connectivity index (χ1) is 6.75. The Morgan fingerprint density at radius 1 is 1.71 bits per heavy atom. The second kappa shape index (κ2) is 4.23. The first-order valence-corrected chi connectivity index (χ1v) is 5.40. The van der Waals surface area contributed by atoms with E-state index >= 15 is 0 Å². The van der Waals surface area contributed by atoms with E-state index in [0.717, 1.165) is 19.4 Å². The van der Waals surface area contributed by atoms with Crippen LogP contribution in [0.3, 0.4) is 0 Å². The fourth-order valence-electron chi connectivity index (χ4n) is 1.54. The molecule has 0 aliphatic carbocycles. The van der Waals surface area contributed by atoms with Gasteiger partial charge >= 0.3 is 0 Å². The third kappa shape index (κ3) is 2.22. The van der Waals surface area contributed by atoms with E-state index in [9.17, 15) is 4.79 Å². The molecule has 1 aromatic rings. The SMILES string of the molecule is O=c1[nH]c(CC2CCCO2)ncc1Br. The lowest BCUT2D eigenvalue weighted by Gasteiger charge is -2.07. The molecular weight excluding hydrogens is 248 g/mol. The Kier molecular flexibility index (Phi) is 2.98. The molecule has 0 amide bonds. The summed E-state index contributed by atoms with van der Waals surface area (Å²) in [6, 6.07) is 0. The van der Waals surface area contributed by atoms with Crippen LogP contribution in [-0.2, 0) is 11.2 Å². The van der Waals surface area contributed by atoms with Gasteiger partial charge < -0.3 is 9.72 Å². The van der Waals surface area contributed by atoms with Gasteiger partial charge in [-0.3, -0.25) is 4.79 Å². The Morgan fingerprint density at radius 2 is 2.57 bits per heavy atom. The van der Waals surface area contributed by atoms with E-state index in [1.165, 1.54) is 6.20 Å². The van der Waals surface area contributed by atoms with Crippen LogP contribution < -0.4 is 5.56 Å². The molecule has 1 aliphatic rings. The molecule has 0 bridgehead atoms. The van der Waals surface area contributed by atoms with Crippen LogP contribution in [-0.4, -0.2) is 22.7 Å². The molecule has 1 atom stereocenters. The van der Waals surface area contributed by atoms with Gasteiger partial charge in [-0.05, 0) is 28.8 Å². The van der Waals surface area contributed by atoms with E-state index in [2.05, 4.69) is 25.9 Å². The van der Waals surface area contributed by atoms with Crippen LogP contribution in [0.4, 0.5) is 0 Å². The van der Waals surface area contributed by atoms with Crippen molar-refractivity contribution in [2.45, 2.75) is 25.4 Å². The van der Waals surface area contributed by atoms with Gasteiger partial charge in [0, 0.05) is 19.2 Å². The predicted octanol–water partition coefficient (Wildman–Crippen LogP) is 1.25. The molecule has 14 heavy (non-hydrogen) atoms. The maximum atomic E-state index is 11.2. The van der Waals surface area contributed by atoms with Crippen molar-refractivity contribution in [3.63, 3.8) is 0 Å². The number of ether oxygens (including phenoxy) is 1. The van der Waals surface area contributed by atoms with Crippen molar-refractivity contribution >= 4 is 15.9 Å². The summed E-state index contributed by atoms with van der Waals surface area (Å²) in [6.07, 6.45) is 4.61. The molecule has 0 radical (unpaired) electrons. The lowest BCUT2D eigenvalue weighted by Crippen LogP contribution is -2.17. The third-order valence-corrected chi connectivity index (χ3v) is 2.82. The van der Waals surface area contributed by atoms with Crippen molar-refractivity contribution in [1.29, 1.82) is 0 Å². The van der Waals surface area contributed by atoms with Gasteiger partial charge in [0.1, 0.15) is 10.3 Å². The van der Waals surface area contributed by atoms with Crippen LogP contribution in [0.1, 0.15) is 18.7 Å². The van der Waals surface area contributed by atoms with Crippen molar-refractivity contribution < 1.29 is 4.74 Å². The molecule has 0 aromatic carbocycles. The van der Waals surface area contributed by atoms with E-state index in [1.807, 2.05) is 0 Å². The zero-order valence-electron chi connectivity index (χ0n) is 7.62. The minimum atomic E-state index is -0.131. The molecule has 76 valence electrons. The molecule has 1 aliphatic heterocycles. The van der Waals surface area contributed by atoms with Gasteiger partial charge in [0.15, 0.2) is 0 Å². The van der Waals surface area contributed by atoms with Gasteiger partial charge in [0.05, 0.1) is 6.10 Å². The number of nitrogens with zero attached hydrogens (tertiary/aromatic N) is 1. The van der Waals surface area contributed by atoms with Crippen LogP contribution in [0.5, 0.6) is 0 Å². The molecule has 4 nitrogen and oxygen atoms in total. The van der Waals surface area contributed by atoms with Crippen molar-refractivity contribution in [3.05, 3.63) is 26.8 Å². The molecule has 1 N–H and O–H groups in total. The van der Waals surface area contributed by atoms with Gasteiger partial charge in [-0.25, -0.2) is 4.98 Å². The Balaban J connectivity index is 2.09. The number of nitrogens with one attached hydrogen (secondary N) is 1. The van der Waals surface area contributed by atoms with Crippen LogP contribution in [0.25, 0.3) is 0 Å². The van der Waals surface area contributed by atoms with Gasteiger partial charge in [-0.1, -0.05) is 0 Å². The Hall–Kier alpha value is -0.680. The summed E-state index contributed by atoms with van der Waals surface area (Å²) in [5, 5.41) is 0. The molecule has 5 heteroatoms. The standard InChI is InChI=1S/C9H11BrN2O2/c10-7-5-11-8(12-9(7)13)4-6-2-1-3-14-6/h5-6H,1-4H2,(H,11,12,13). The molecule has 1 unspecified atom stereocenters. The lowest BCUT2D eigenvalue weighted by atomic mass is 10.2. The lowest BCUT2D eigenvalue weighted by molar-refractivity contribution is 0.110. The number of aromatic amines is 1. The van der Waals surface area contributed by atoms with Crippen LogP contribution in [0.15, 0.2) is 15.5 Å². The second-order valence-corrected chi connectivity index (χ2v) is 4.20. The van der Waals surface area contributed by atoms with E-state index in [1.54, 1.807) is 0 Å². The van der Waals surface area contributed by atoms with Crippen LogP contribution in [0, 0.1) is 0 Å². The molecule has 1 fully saturated rings. The van der Waals surface area contributed by atoms with E-state index < -0.39 is 0 Å². The number of aromatic nitrogens is 2. The highest BCUT2D eigenvalue weighted by Crippen LogP contribution is 2.14. The van der Waals surface area contributed by atoms with E-state index in [0.29, 0.717) is 16.7 Å². The largest absolute Gasteiger partial charge is 0.378 e.